The van der Waals surface area contributed by atoms with Crippen molar-refractivity contribution >= 4 is 55.0 Å². The molecule has 0 radical (unpaired) electrons. The first-order valence-electron chi connectivity index (χ1n) is 7.84. The number of nitrogens with one attached hydrogen (secondary N) is 1. The molecule has 1 amide bonds. The van der Waals surface area contributed by atoms with Gasteiger partial charge >= 0.3 is 0 Å². The Morgan fingerprint density at radius 1 is 1.22 bits per heavy atom. The Balaban J connectivity index is 1.91. The van der Waals surface area contributed by atoms with Crippen molar-refractivity contribution in [2.75, 3.05) is 5.32 Å². The highest BCUT2D eigenvalue weighted by molar-refractivity contribution is 9.10. The van der Waals surface area contributed by atoms with Gasteiger partial charge in [0.1, 0.15) is 22.7 Å². The van der Waals surface area contributed by atoms with Crippen LogP contribution in [0.5, 0.6) is 0 Å². The molecule has 0 spiro atoms. The van der Waals surface area contributed by atoms with Crippen LogP contribution in [0.4, 0.5) is 15.2 Å². The topological polar surface area (TPSA) is 67.5 Å². The van der Waals surface area contributed by atoms with E-state index in [1.54, 1.807) is 35.8 Å². The largest absolute Gasteiger partial charge is 0.438 e. The number of nitrogens with zero attached hydrogens (tertiary/aromatic N) is 2. The Morgan fingerprint density at radius 3 is 2.85 bits per heavy atom. The normalized spacial score (nSPS) is 11.7. The lowest BCUT2D eigenvalue weighted by Gasteiger charge is -2.05. The molecule has 0 fully saturated rings. The lowest BCUT2D eigenvalue weighted by Crippen LogP contribution is -2.21. The van der Waals surface area contributed by atoms with E-state index < -0.39 is 11.7 Å². The molecule has 0 atom stereocenters. The predicted molar refractivity (Wildman–Crippen MR) is 106 cm³/mol. The number of carbonyl (C=O) groups excluding carboxylic acids is 1. The van der Waals surface area contributed by atoms with Crippen LogP contribution in [-0.2, 0) is 0 Å². The fraction of sp³-hybridized carbons (Fsp3) is 0. The Kier molecular flexibility index (Phi) is 4.83. The van der Waals surface area contributed by atoms with Crippen molar-refractivity contribution in [1.82, 2.24) is 4.98 Å². The number of rotatable bonds is 3. The second-order valence-corrected chi connectivity index (χ2v) is 7.31. The molecule has 2 aromatic heterocycles. The number of hydrogen-bond acceptors (Lipinski definition) is 5. The zero-order valence-electron chi connectivity index (χ0n) is 13.6. The number of amides is 1. The third-order valence-corrected chi connectivity index (χ3v) is 4.86. The van der Waals surface area contributed by atoms with Crippen LogP contribution in [0.15, 0.2) is 74.0 Å². The Bertz CT molecular complexity index is 1210. The van der Waals surface area contributed by atoms with Gasteiger partial charge in [0.25, 0.3) is 5.91 Å². The molecule has 0 aliphatic heterocycles. The van der Waals surface area contributed by atoms with Crippen molar-refractivity contribution < 1.29 is 13.6 Å². The SMILES string of the molecule is O=C(Nc1nccs1)c1cc2cc(Br)ccc2oc1=Nc1ccccc1F. The van der Waals surface area contributed by atoms with Crippen molar-refractivity contribution in [3.63, 3.8) is 0 Å². The summed E-state index contributed by atoms with van der Waals surface area (Å²) in [4.78, 5) is 21.0. The van der Waals surface area contributed by atoms with E-state index in [0.717, 1.165) is 4.47 Å². The first-order valence-corrected chi connectivity index (χ1v) is 9.51. The van der Waals surface area contributed by atoms with Gasteiger partial charge in [0.05, 0.1) is 0 Å². The smallest absolute Gasteiger partial charge is 0.262 e. The van der Waals surface area contributed by atoms with Gasteiger partial charge in [-0.3, -0.25) is 10.1 Å². The van der Waals surface area contributed by atoms with Crippen LogP contribution in [0.2, 0.25) is 0 Å². The molecule has 8 heteroatoms. The molecule has 4 rings (SSSR count). The van der Waals surface area contributed by atoms with Crippen molar-refractivity contribution in [3.8, 4) is 0 Å². The van der Waals surface area contributed by atoms with Gasteiger partial charge in [-0.1, -0.05) is 28.1 Å². The number of benzene rings is 2. The second-order valence-electron chi connectivity index (χ2n) is 5.50. The van der Waals surface area contributed by atoms with Crippen LogP contribution < -0.4 is 10.9 Å². The highest BCUT2D eigenvalue weighted by Crippen LogP contribution is 2.21. The van der Waals surface area contributed by atoms with Gasteiger partial charge in [-0.25, -0.2) is 14.4 Å². The molecule has 0 unspecified atom stereocenters. The number of hydrogen-bond donors (Lipinski definition) is 1. The van der Waals surface area contributed by atoms with Crippen LogP contribution in [0.25, 0.3) is 11.0 Å². The van der Waals surface area contributed by atoms with Gasteiger partial charge in [-0.15, -0.1) is 11.3 Å². The number of thiazole rings is 1. The molecule has 0 saturated heterocycles. The predicted octanol–water partition coefficient (Wildman–Crippen LogP) is 5.28. The third kappa shape index (κ3) is 3.81. The van der Waals surface area contributed by atoms with E-state index in [1.165, 1.54) is 23.5 Å². The van der Waals surface area contributed by atoms with E-state index in [1.807, 2.05) is 12.1 Å². The quantitative estimate of drug-likeness (QED) is 0.468. The van der Waals surface area contributed by atoms with E-state index in [0.29, 0.717) is 16.1 Å². The molecule has 134 valence electrons. The maximum absolute atomic E-state index is 14.0. The number of para-hydroxylation sites is 1. The summed E-state index contributed by atoms with van der Waals surface area (Å²) in [5.74, 6) is -0.944. The number of halogens is 2. The molecule has 0 bridgehead atoms. The summed E-state index contributed by atoms with van der Waals surface area (Å²) in [6.45, 7) is 0. The van der Waals surface area contributed by atoms with Crippen molar-refractivity contribution in [2.24, 2.45) is 4.99 Å². The molecule has 0 saturated carbocycles. The van der Waals surface area contributed by atoms with Gasteiger partial charge < -0.3 is 4.42 Å². The van der Waals surface area contributed by atoms with Gasteiger partial charge in [-0.2, -0.15) is 0 Å². The Hall–Kier alpha value is -2.84. The molecule has 2 aromatic carbocycles. The fourth-order valence-electron chi connectivity index (χ4n) is 2.45. The van der Waals surface area contributed by atoms with Crippen LogP contribution >= 0.6 is 27.3 Å². The standard InChI is InChI=1S/C19H11BrFN3O2S/c20-12-5-6-16-11(9-12)10-13(17(25)24-19-22-7-8-27-19)18(26-16)23-15-4-2-1-3-14(15)21/h1-10H,(H,22,24,25). The average molecular weight is 444 g/mol. The molecule has 0 aliphatic carbocycles. The average Bonchev–Trinajstić information content (AvgIpc) is 3.16. The number of aromatic nitrogens is 1. The first-order chi connectivity index (χ1) is 13.1. The molecular formula is C19H11BrFN3O2S. The summed E-state index contributed by atoms with van der Waals surface area (Å²) in [5.41, 5.74) is 0.808. The van der Waals surface area contributed by atoms with Gasteiger partial charge in [-0.05, 0) is 36.4 Å². The monoisotopic (exact) mass is 443 g/mol. The zero-order chi connectivity index (χ0) is 18.8. The van der Waals surface area contributed by atoms with E-state index in [-0.39, 0.29) is 16.8 Å². The van der Waals surface area contributed by atoms with Crippen molar-refractivity contribution in [3.05, 3.63) is 81.5 Å². The van der Waals surface area contributed by atoms with E-state index >= 15 is 0 Å². The van der Waals surface area contributed by atoms with Gasteiger partial charge in [0.15, 0.2) is 5.13 Å². The first kappa shape index (κ1) is 17.6. The lowest BCUT2D eigenvalue weighted by molar-refractivity contribution is 0.102. The second kappa shape index (κ2) is 7.42. The van der Waals surface area contributed by atoms with Crippen molar-refractivity contribution in [1.29, 1.82) is 0 Å². The maximum atomic E-state index is 14.0. The summed E-state index contributed by atoms with van der Waals surface area (Å²) in [6.07, 6.45) is 1.59. The van der Waals surface area contributed by atoms with Crippen LogP contribution in [0.3, 0.4) is 0 Å². The molecule has 1 N–H and O–H groups in total. The molecule has 2 heterocycles. The molecular weight excluding hydrogens is 433 g/mol. The van der Waals surface area contributed by atoms with Gasteiger partial charge in [0, 0.05) is 21.4 Å². The van der Waals surface area contributed by atoms with E-state index in [4.69, 9.17) is 4.42 Å². The summed E-state index contributed by atoms with van der Waals surface area (Å²) in [7, 11) is 0. The van der Waals surface area contributed by atoms with Crippen molar-refractivity contribution in [2.45, 2.75) is 0 Å². The van der Waals surface area contributed by atoms with Gasteiger partial charge in [0.2, 0.25) is 5.55 Å². The number of fused-ring (bicyclic) bond motifs is 1. The highest BCUT2D eigenvalue weighted by Gasteiger charge is 2.15. The summed E-state index contributed by atoms with van der Waals surface area (Å²) < 4.78 is 20.7. The van der Waals surface area contributed by atoms with Crippen LogP contribution in [0, 0.1) is 5.82 Å². The number of carbonyl (C=O) groups is 1. The zero-order valence-corrected chi connectivity index (χ0v) is 16.1. The summed E-state index contributed by atoms with van der Waals surface area (Å²) >= 11 is 4.69. The third-order valence-electron chi connectivity index (χ3n) is 3.68. The molecule has 5 nitrogen and oxygen atoms in total. The van der Waals surface area contributed by atoms with Crippen LogP contribution in [-0.4, -0.2) is 10.9 Å². The Labute approximate surface area is 165 Å². The highest BCUT2D eigenvalue weighted by atomic mass is 79.9. The van der Waals surface area contributed by atoms with Crippen LogP contribution in [0.1, 0.15) is 10.4 Å². The summed E-state index contributed by atoms with van der Waals surface area (Å²) in [6, 6.07) is 13.1. The molecule has 27 heavy (non-hydrogen) atoms. The van der Waals surface area contributed by atoms with E-state index in [9.17, 15) is 9.18 Å². The summed E-state index contributed by atoms with van der Waals surface area (Å²) in [5, 5.41) is 5.61. The minimum atomic E-state index is -0.505. The minimum absolute atomic E-state index is 0.0176. The maximum Gasteiger partial charge on any atom is 0.262 e. The lowest BCUT2D eigenvalue weighted by atomic mass is 10.1. The van der Waals surface area contributed by atoms with E-state index in [2.05, 4.69) is 31.2 Å². The minimum Gasteiger partial charge on any atom is -0.438 e. The fourth-order valence-corrected chi connectivity index (χ4v) is 3.35. The molecule has 4 aromatic rings. The number of anilines is 1. The molecule has 0 aliphatic rings. The Morgan fingerprint density at radius 2 is 2.07 bits per heavy atom.